The summed E-state index contributed by atoms with van der Waals surface area (Å²) in [5.41, 5.74) is 1.85. The predicted octanol–water partition coefficient (Wildman–Crippen LogP) is 5.59. The summed E-state index contributed by atoms with van der Waals surface area (Å²) in [6.45, 7) is 6.68. The second-order valence-corrected chi connectivity index (χ2v) is 14.6. The minimum Gasteiger partial charge on any atom is -0.355 e. The molecule has 2 aliphatic heterocycles. The van der Waals surface area contributed by atoms with Crippen LogP contribution in [-0.2, 0) is 33.5 Å². The number of hydrogen-bond donors (Lipinski definition) is 2. The van der Waals surface area contributed by atoms with Crippen molar-refractivity contribution in [2.75, 3.05) is 11.9 Å². The highest BCUT2D eigenvalue weighted by molar-refractivity contribution is 6.07. The van der Waals surface area contributed by atoms with Gasteiger partial charge in [0.25, 0.3) is 0 Å². The van der Waals surface area contributed by atoms with Gasteiger partial charge in [-0.05, 0) is 80.3 Å². The third-order valence-corrected chi connectivity index (χ3v) is 11.2. The van der Waals surface area contributed by atoms with Crippen LogP contribution >= 0.6 is 0 Å². The number of amides is 3. The number of halogens is 3. The summed E-state index contributed by atoms with van der Waals surface area (Å²) >= 11 is 0. The summed E-state index contributed by atoms with van der Waals surface area (Å²) in [5.74, 6) is -1.19. The minimum atomic E-state index is -4.72. The monoisotopic (exact) mass is 730 g/mol. The average Bonchev–Trinajstić information content (AvgIpc) is 3.37. The van der Waals surface area contributed by atoms with Crippen LogP contribution in [0.2, 0.25) is 0 Å². The van der Waals surface area contributed by atoms with E-state index in [2.05, 4.69) is 30.7 Å². The van der Waals surface area contributed by atoms with Crippen molar-refractivity contribution < 1.29 is 32.3 Å². The molecule has 3 amide bonds. The third-order valence-electron chi connectivity index (χ3n) is 11.2. The number of hydrogen-bond acceptors (Lipinski definition) is 8. The van der Waals surface area contributed by atoms with E-state index in [1.54, 1.807) is 24.0 Å². The average molecular weight is 731 g/mol. The second-order valence-electron chi connectivity index (χ2n) is 14.6. The summed E-state index contributed by atoms with van der Waals surface area (Å²) in [5, 5.41) is 10.9. The fourth-order valence-electron chi connectivity index (χ4n) is 8.24. The lowest BCUT2D eigenvalue weighted by Gasteiger charge is -2.28. The number of pyridine rings is 1. The Labute approximate surface area is 304 Å². The molecule has 2 bridgehead atoms. The Hall–Kier alpha value is -5.21. The van der Waals surface area contributed by atoms with Crippen LogP contribution in [0.1, 0.15) is 85.5 Å². The molecule has 12 nitrogen and oxygen atoms in total. The molecule has 4 aromatic rings. The molecular weight excluding hydrogens is 689 g/mol. The molecule has 1 saturated carbocycles. The fraction of sp³-hybridized carbons (Fsp3) is 0.474. The lowest BCUT2D eigenvalue weighted by molar-refractivity contribution is -0.141. The Morgan fingerprint density at radius 2 is 1.72 bits per heavy atom. The number of carbonyl (C=O) groups is 4. The van der Waals surface area contributed by atoms with Crippen LogP contribution in [-0.4, -0.2) is 71.8 Å². The SMILES string of the molecule is CC(=O)c1nn2c3c(cc(-c4cnc(C)nc4)cc13)CCCCCCC(=O)NC[C@@]13C[C@@H](C(=O)Nc4nc(C(F)(F)F)ccc4C)N(C(=O)C2)[C@@H]1[C@@H]3C. The number of aromatic nitrogens is 5. The van der Waals surface area contributed by atoms with E-state index < -0.39 is 41.2 Å². The van der Waals surface area contributed by atoms with Crippen LogP contribution in [0.4, 0.5) is 19.0 Å². The van der Waals surface area contributed by atoms with Crippen LogP contribution < -0.4 is 10.6 Å². The van der Waals surface area contributed by atoms with Crippen molar-refractivity contribution in [3.8, 4) is 11.1 Å². The van der Waals surface area contributed by atoms with Crippen LogP contribution in [0.25, 0.3) is 22.0 Å². The number of rotatable bonds is 4. The van der Waals surface area contributed by atoms with E-state index in [9.17, 15) is 32.3 Å². The Balaban J connectivity index is 1.30. The Morgan fingerprint density at radius 3 is 2.42 bits per heavy atom. The van der Waals surface area contributed by atoms with E-state index in [-0.39, 0.29) is 48.6 Å². The molecule has 5 heterocycles. The number of anilines is 1. The highest BCUT2D eigenvalue weighted by Crippen LogP contribution is 2.64. The highest BCUT2D eigenvalue weighted by atomic mass is 19.4. The van der Waals surface area contributed by atoms with Gasteiger partial charge in [0.1, 0.15) is 35.6 Å². The number of benzene rings is 1. The van der Waals surface area contributed by atoms with Gasteiger partial charge in [-0.1, -0.05) is 25.8 Å². The van der Waals surface area contributed by atoms with E-state index in [1.165, 1.54) is 24.8 Å². The topological polar surface area (TPSA) is 152 Å². The van der Waals surface area contributed by atoms with Gasteiger partial charge >= 0.3 is 6.18 Å². The first kappa shape index (κ1) is 36.2. The lowest BCUT2D eigenvalue weighted by atomic mass is 9.95. The van der Waals surface area contributed by atoms with Gasteiger partial charge < -0.3 is 15.5 Å². The molecule has 4 atom stereocenters. The number of nitrogens with one attached hydrogen (secondary N) is 2. The minimum absolute atomic E-state index is 0.0694. The standard InChI is InChI=1S/C38H41F3N8O4/c1-20-11-12-29(38(39,40)41)45-35(20)46-36(53)28-15-37-19-44-30(51)10-8-6-5-7-9-24-13-25(26-16-42-23(4)43-17-26)14-27-32(22(3)50)47-48(33(24)27)18-31(52)49(28)34(37)21(37)2/h11-14,16-17,21,28,34H,5-10,15,18-19H2,1-4H3,(H,44,51)(H,45,46,53)/t21-,28-,34+,37+/m0/s1. The molecular formula is C38H41F3N8O4. The van der Waals surface area contributed by atoms with Gasteiger partial charge in [0.05, 0.1) is 5.52 Å². The largest absolute Gasteiger partial charge is 0.433 e. The van der Waals surface area contributed by atoms with Gasteiger partial charge in [-0.15, -0.1) is 0 Å². The predicted molar refractivity (Wildman–Crippen MR) is 189 cm³/mol. The molecule has 15 heteroatoms. The Bertz CT molecular complexity index is 2130. The zero-order valence-electron chi connectivity index (χ0n) is 30.0. The van der Waals surface area contributed by atoms with Crippen LogP contribution in [0.15, 0.2) is 36.7 Å². The van der Waals surface area contributed by atoms with Gasteiger partial charge in [-0.2, -0.15) is 18.3 Å². The number of alkyl halides is 3. The van der Waals surface area contributed by atoms with Crippen LogP contribution in [0, 0.1) is 25.2 Å². The molecule has 278 valence electrons. The molecule has 3 aromatic heterocycles. The quantitative estimate of drug-likeness (QED) is 0.258. The van der Waals surface area contributed by atoms with E-state index in [4.69, 9.17) is 0 Å². The normalized spacial score (nSPS) is 23.7. The van der Waals surface area contributed by atoms with Crippen molar-refractivity contribution in [1.29, 1.82) is 0 Å². The van der Waals surface area contributed by atoms with Crippen molar-refractivity contribution in [3.05, 3.63) is 65.0 Å². The summed E-state index contributed by atoms with van der Waals surface area (Å²) in [4.78, 5) is 68.4. The summed E-state index contributed by atoms with van der Waals surface area (Å²) in [6.07, 6.45) is 3.05. The molecule has 2 fully saturated rings. The lowest BCUT2D eigenvalue weighted by Crippen LogP contribution is -2.47. The number of ketones is 1. The van der Waals surface area contributed by atoms with E-state index in [0.717, 1.165) is 42.0 Å². The Kier molecular flexibility index (Phi) is 9.31. The molecule has 53 heavy (non-hydrogen) atoms. The number of nitrogens with zero attached hydrogens (tertiary/aromatic N) is 6. The molecule has 7 rings (SSSR count). The number of carbonyl (C=O) groups excluding carboxylic acids is 4. The molecule has 1 aliphatic carbocycles. The van der Waals surface area contributed by atoms with Crippen molar-refractivity contribution in [2.45, 2.75) is 97.4 Å². The van der Waals surface area contributed by atoms with Crippen molar-refractivity contribution in [1.82, 2.24) is 34.9 Å². The van der Waals surface area contributed by atoms with Crippen molar-refractivity contribution in [2.24, 2.45) is 11.3 Å². The maximum atomic E-state index is 14.6. The smallest absolute Gasteiger partial charge is 0.355 e. The third kappa shape index (κ3) is 6.77. The van der Waals surface area contributed by atoms with Gasteiger partial charge in [0.15, 0.2) is 5.78 Å². The molecule has 1 saturated heterocycles. The molecule has 0 unspecified atom stereocenters. The molecule has 1 aromatic carbocycles. The molecule has 0 radical (unpaired) electrons. The first-order valence-electron chi connectivity index (χ1n) is 17.9. The van der Waals surface area contributed by atoms with Gasteiger partial charge in [-0.25, -0.2) is 15.0 Å². The number of piperidine rings is 1. The second kappa shape index (κ2) is 13.6. The summed E-state index contributed by atoms with van der Waals surface area (Å²) < 4.78 is 42.2. The molecule has 3 aliphatic rings. The van der Waals surface area contributed by atoms with Crippen molar-refractivity contribution >= 4 is 40.2 Å². The maximum Gasteiger partial charge on any atom is 0.433 e. The number of aryl methyl sites for hydroxylation is 3. The van der Waals surface area contributed by atoms with E-state index in [1.807, 2.05) is 19.1 Å². The van der Waals surface area contributed by atoms with Crippen molar-refractivity contribution in [3.63, 3.8) is 0 Å². The van der Waals surface area contributed by atoms with Gasteiger partial charge in [-0.3, -0.25) is 23.9 Å². The Morgan fingerprint density at radius 1 is 1.00 bits per heavy atom. The van der Waals surface area contributed by atoms with E-state index in [0.29, 0.717) is 41.6 Å². The molecule has 2 N–H and O–H groups in total. The molecule has 0 spiro atoms. The van der Waals surface area contributed by atoms with Gasteiger partial charge in [0.2, 0.25) is 17.7 Å². The highest BCUT2D eigenvalue weighted by Gasteiger charge is 2.72. The van der Waals surface area contributed by atoms with Gasteiger partial charge in [0, 0.05) is 54.7 Å². The van der Waals surface area contributed by atoms with E-state index >= 15 is 0 Å². The summed E-state index contributed by atoms with van der Waals surface area (Å²) in [7, 11) is 0. The summed E-state index contributed by atoms with van der Waals surface area (Å²) in [6, 6.07) is 4.48. The number of Topliss-reactive ketones (excluding diaryl/α,β-unsaturated/α-hetero) is 1. The fourth-order valence-corrected chi connectivity index (χ4v) is 8.24. The van der Waals surface area contributed by atoms with Crippen LogP contribution in [0.3, 0.4) is 0 Å². The first-order chi connectivity index (χ1) is 25.2. The zero-order valence-corrected chi connectivity index (χ0v) is 30.0. The first-order valence-corrected chi connectivity index (χ1v) is 17.9. The van der Waals surface area contributed by atoms with Crippen LogP contribution in [0.5, 0.6) is 0 Å². The zero-order chi connectivity index (χ0) is 37.8. The maximum absolute atomic E-state index is 14.6.